The molecule has 0 aliphatic carbocycles. The molecular formula is C15H23N. The molecule has 1 nitrogen and oxygen atoms in total. The Bertz CT molecular complexity index is 361. The topological polar surface area (TPSA) is 12.0 Å². The fourth-order valence-electron chi connectivity index (χ4n) is 1.48. The lowest BCUT2D eigenvalue weighted by atomic mass is 10.0. The molecular weight excluding hydrogens is 194 g/mol. The Morgan fingerprint density at radius 3 is 2.19 bits per heavy atom. The minimum atomic E-state index is 0.964. The first-order valence-electron chi connectivity index (χ1n) is 6.01. The van der Waals surface area contributed by atoms with Crippen LogP contribution < -0.4 is 5.32 Å². The van der Waals surface area contributed by atoms with Crippen LogP contribution in [0.25, 0.3) is 5.57 Å². The third-order valence-electron chi connectivity index (χ3n) is 2.04. The second-order valence-electron chi connectivity index (χ2n) is 3.02. The number of fused-ring (bicyclic) bond motifs is 1. The maximum absolute atomic E-state index is 3.88. The third-order valence-corrected chi connectivity index (χ3v) is 2.04. The molecule has 0 aromatic heterocycles. The van der Waals surface area contributed by atoms with E-state index in [0.717, 1.165) is 11.4 Å². The quantitative estimate of drug-likeness (QED) is 0.639. The summed E-state index contributed by atoms with van der Waals surface area (Å²) in [7, 11) is 0. The Kier molecular flexibility index (Phi) is 7.02. The molecule has 2 rings (SSSR count). The SMILES string of the molecule is C=C1C=C(C)c2ccccc2N1.CC.CC. The van der Waals surface area contributed by atoms with Crippen molar-refractivity contribution in [3.05, 3.63) is 48.2 Å². The summed E-state index contributed by atoms with van der Waals surface area (Å²) in [6.45, 7) is 14.0. The molecule has 1 heteroatoms. The number of anilines is 1. The Balaban J connectivity index is 0.000000509. The Labute approximate surface area is 99.9 Å². The van der Waals surface area contributed by atoms with Crippen LogP contribution >= 0.6 is 0 Å². The van der Waals surface area contributed by atoms with E-state index in [1.54, 1.807) is 0 Å². The molecule has 0 unspecified atom stereocenters. The number of benzene rings is 1. The molecule has 0 atom stereocenters. The molecule has 0 saturated heterocycles. The molecule has 0 spiro atoms. The average Bonchev–Trinajstić information content (AvgIpc) is 2.34. The van der Waals surface area contributed by atoms with Gasteiger partial charge < -0.3 is 5.32 Å². The zero-order chi connectivity index (χ0) is 12.6. The van der Waals surface area contributed by atoms with Gasteiger partial charge in [0.2, 0.25) is 0 Å². The second kappa shape index (κ2) is 7.75. The first kappa shape index (κ1) is 14.5. The van der Waals surface area contributed by atoms with Gasteiger partial charge in [0.15, 0.2) is 0 Å². The summed E-state index contributed by atoms with van der Waals surface area (Å²) in [6.07, 6.45) is 2.06. The lowest BCUT2D eigenvalue weighted by molar-refractivity contribution is 1.41. The molecule has 1 aromatic carbocycles. The Morgan fingerprint density at radius 1 is 1.00 bits per heavy atom. The third kappa shape index (κ3) is 3.58. The van der Waals surface area contributed by atoms with Crippen LogP contribution in [0.3, 0.4) is 0 Å². The summed E-state index contributed by atoms with van der Waals surface area (Å²) in [5.74, 6) is 0. The molecule has 0 amide bonds. The highest BCUT2D eigenvalue weighted by Crippen LogP contribution is 2.29. The molecule has 1 aliphatic rings. The zero-order valence-electron chi connectivity index (χ0n) is 11.1. The second-order valence-corrected chi connectivity index (χ2v) is 3.02. The van der Waals surface area contributed by atoms with Crippen molar-refractivity contribution < 1.29 is 0 Å². The molecule has 1 N–H and O–H groups in total. The number of hydrogen-bond donors (Lipinski definition) is 1. The van der Waals surface area contributed by atoms with Gasteiger partial charge in [-0.1, -0.05) is 52.5 Å². The monoisotopic (exact) mass is 217 g/mol. The molecule has 0 saturated carbocycles. The van der Waals surface area contributed by atoms with Crippen LogP contribution in [0.15, 0.2) is 42.6 Å². The van der Waals surface area contributed by atoms with E-state index in [9.17, 15) is 0 Å². The molecule has 16 heavy (non-hydrogen) atoms. The Morgan fingerprint density at radius 2 is 1.56 bits per heavy atom. The van der Waals surface area contributed by atoms with Crippen molar-refractivity contribution in [1.82, 2.24) is 0 Å². The predicted molar refractivity (Wildman–Crippen MR) is 75.6 cm³/mol. The highest BCUT2D eigenvalue weighted by Gasteiger charge is 2.08. The van der Waals surface area contributed by atoms with Gasteiger partial charge in [0.05, 0.1) is 0 Å². The molecule has 1 aliphatic heterocycles. The van der Waals surface area contributed by atoms with Crippen molar-refractivity contribution in [2.75, 3.05) is 5.32 Å². The van der Waals surface area contributed by atoms with E-state index in [-0.39, 0.29) is 0 Å². The average molecular weight is 217 g/mol. The molecule has 1 aromatic rings. The van der Waals surface area contributed by atoms with Crippen LogP contribution in [-0.4, -0.2) is 0 Å². The highest BCUT2D eigenvalue weighted by molar-refractivity contribution is 5.81. The van der Waals surface area contributed by atoms with Crippen molar-refractivity contribution in [2.45, 2.75) is 34.6 Å². The van der Waals surface area contributed by atoms with Crippen LogP contribution in [0.4, 0.5) is 5.69 Å². The summed E-state index contributed by atoms with van der Waals surface area (Å²) in [5.41, 5.74) is 4.66. The zero-order valence-corrected chi connectivity index (χ0v) is 11.1. The largest absolute Gasteiger partial charge is 0.356 e. The molecule has 1 heterocycles. The van der Waals surface area contributed by atoms with Crippen LogP contribution in [0, 0.1) is 0 Å². The van der Waals surface area contributed by atoms with E-state index in [1.807, 2.05) is 39.8 Å². The van der Waals surface area contributed by atoms with Crippen LogP contribution in [0.2, 0.25) is 0 Å². The first-order valence-corrected chi connectivity index (χ1v) is 6.01. The summed E-state index contributed by atoms with van der Waals surface area (Å²) >= 11 is 0. The van der Waals surface area contributed by atoms with Crippen molar-refractivity contribution in [2.24, 2.45) is 0 Å². The summed E-state index contributed by atoms with van der Waals surface area (Å²) in [5, 5.41) is 3.22. The van der Waals surface area contributed by atoms with E-state index in [2.05, 4.69) is 37.0 Å². The number of rotatable bonds is 0. The van der Waals surface area contributed by atoms with E-state index >= 15 is 0 Å². The van der Waals surface area contributed by atoms with Crippen molar-refractivity contribution in [1.29, 1.82) is 0 Å². The van der Waals surface area contributed by atoms with Gasteiger partial charge in [-0.3, -0.25) is 0 Å². The van der Waals surface area contributed by atoms with Crippen LogP contribution in [-0.2, 0) is 0 Å². The van der Waals surface area contributed by atoms with Crippen molar-refractivity contribution >= 4 is 11.3 Å². The smallest absolute Gasteiger partial charge is 0.0460 e. The number of hydrogen-bond acceptors (Lipinski definition) is 1. The van der Waals surface area contributed by atoms with E-state index < -0.39 is 0 Å². The van der Waals surface area contributed by atoms with Gasteiger partial charge in [-0.2, -0.15) is 0 Å². The van der Waals surface area contributed by atoms with Gasteiger partial charge in [-0.05, 0) is 24.6 Å². The highest BCUT2D eigenvalue weighted by atomic mass is 14.9. The summed E-state index contributed by atoms with van der Waals surface area (Å²) in [4.78, 5) is 0. The van der Waals surface area contributed by atoms with Gasteiger partial charge in [-0.25, -0.2) is 0 Å². The molecule has 88 valence electrons. The molecule has 0 bridgehead atoms. The van der Waals surface area contributed by atoms with Gasteiger partial charge in [0, 0.05) is 16.9 Å². The lowest BCUT2D eigenvalue weighted by Crippen LogP contribution is -2.03. The number of nitrogens with one attached hydrogen (secondary N) is 1. The van der Waals surface area contributed by atoms with Gasteiger partial charge in [0.1, 0.15) is 0 Å². The predicted octanol–water partition coefficient (Wildman–Crippen LogP) is 5.08. The van der Waals surface area contributed by atoms with Crippen LogP contribution in [0.1, 0.15) is 40.2 Å². The van der Waals surface area contributed by atoms with Gasteiger partial charge >= 0.3 is 0 Å². The van der Waals surface area contributed by atoms with Gasteiger partial charge in [-0.15, -0.1) is 0 Å². The first-order chi connectivity index (χ1) is 7.77. The van der Waals surface area contributed by atoms with E-state index in [0.29, 0.717) is 0 Å². The fraction of sp³-hybridized carbons (Fsp3) is 0.333. The molecule has 0 radical (unpaired) electrons. The number of para-hydroxylation sites is 1. The number of allylic oxidation sites excluding steroid dienone is 2. The van der Waals surface area contributed by atoms with Gasteiger partial charge in [0.25, 0.3) is 0 Å². The summed E-state index contributed by atoms with van der Waals surface area (Å²) in [6, 6.07) is 8.25. The minimum absolute atomic E-state index is 0.964. The molecule has 0 fully saturated rings. The minimum Gasteiger partial charge on any atom is -0.356 e. The normalized spacial score (nSPS) is 11.8. The fourth-order valence-corrected chi connectivity index (χ4v) is 1.48. The van der Waals surface area contributed by atoms with Crippen molar-refractivity contribution in [3.63, 3.8) is 0 Å². The maximum atomic E-state index is 3.88. The Hall–Kier alpha value is -1.50. The van der Waals surface area contributed by atoms with E-state index in [4.69, 9.17) is 0 Å². The lowest BCUT2D eigenvalue weighted by Gasteiger charge is -2.17. The van der Waals surface area contributed by atoms with E-state index in [1.165, 1.54) is 11.1 Å². The maximum Gasteiger partial charge on any atom is 0.0460 e. The van der Waals surface area contributed by atoms with Crippen molar-refractivity contribution in [3.8, 4) is 0 Å². The van der Waals surface area contributed by atoms with Crippen LogP contribution in [0.5, 0.6) is 0 Å². The summed E-state index contributed by atoms with van der Waals surface area (Å²) < 4.78 is 0. The standard InChI is InChI=1S/C11H11N.2C2H6/c1-8-7-9(2)12-11-6-4-3-5-10(8)11;2*1-2/h3-7,12H,2H2,1H3;2*1-2H3.